The first kappa shape index (κ1) is 18.5. The average Bonchev–Trinajstić information content (AvgIpc) is 3.00. The van der Waals surface area contributed by atoms with E-state index < -0.39 is 0 Å². The van der Waals surface area contributed by atoms with Crippen molar-refractivity contribution in [3.63, 3.8) is 0 Å². The molecule has 152 valence electrons. The molecule has 1 saturated heterocycles. The zero-order valence-electron chi connectivity index (χ0n) is 17.8. The van der Waals surface area contributed by atoms with Gasteiger partial charge in [0, 0.05) is 55.3 Å². The van der Waals surface area contributed by atoms with E-state index in [1.165, 1.54) is 53.1 Å². The highest BCUT2D eigenvalue weighted by Gasteiger charge is 2.42. The lowest BCUT2D eigenvalue weighted by atomic mass is 9.80. The van der Waals surface area contributed by atoms with Crippen LogP contribution in [-0.4, -0.2) is 45.4 Å². The number of rotatable bonds is 2. The van der Waals surface area contributed by atoms with Crippen LogP contribution in [0.1, 0.15) is 56.1 Å². The molecule has 3 aliphatic heterocycles. The van der Waals surface area contributed by atoms with E-state index in [2.05, 4.69) is 48.6 Å². The maximum Gasteiger partial charge on any atom is 0.0578 e. The Balaban J connectivity index is 1.64. The second kappa shape index (κ2) is 7.07. The van der Waals surface area contributed by atoms with Gasteiger partial charge in [0.05, 0.1) is 6.10 Å². The predicted octanol–water partition coefficient (Wildman–Crippen LogP) is 1.98. The highest BCUT2D eigenvalue weighted by molar-refractivity contribution is 5.70. The Kier molecular flexibility index (Phi) is 4.67. The van der Waals surface area contributed by atoms with Crippen LogP contribution < -0.4 is 26.0 Å². The second-order valence-electron chi connectivity index (χ2n) is 9.50. The van der Waals surface area contributed by atoms with E-state index in [4.69, 9.17) is 4.74 Å². The van der Waals surface area contributed by atoms with E-state index in [9.17, 15) is 0 Å². The number of hydrogen-bond acceptors (Lipinski definition) is 4. The second-order valence-corrected chi connectivity index (χ2v) is 9.50. The van der Waals surface area contributed by atoms with Gasteiger partial charge in [0.2, 0.25) is 0 Å². The lowest BCUT2D eigenvalue weighted by molar-refractivity contribution is 0.0598. The molecule has 2 N–H and O–H groups in total. The lowest BCUT2D eigenvalue weighted by Gasteiger charge is -2.34. The molecule has 1 aliphatic carbocycles. The van der Waals surface area contributed by atoms with Crippen LogP contribution in [0.4, 0.5) is 5.69 Å². The molecule has 5 unspecified atom stereocenters. The first-order valence-electron chi connectivity index (χ1n) is 11.2. The molecule has 4 aliphatic rings. The molecule has 0 aromatic heterocycles. The molecule has 0 amide bonds. The number of nitrogens with one attached hydrogen (secondary N) is 2. The Morgan fingerprint density at radius 2 is 2.04 bits per heavy atom. The summed E-state index contributed by atoms with van der Waals surface area (Å²) in [6.07, 6.45) is 8.93. The van der Waals surface area contributed by atoms with E-state index in [0.29, 0.717) is 24.1 Å². The summed E-state index contributed by atoms with van der Waals surface area (Å²) in [5, 5.41) is 10.5. The summed E-state index contributed by atoms with van der Waals surface area (Å²) < 4.78 is 5.77. The van der Waals surface area contributed by atoms with Crippen molar-refractivity contribution in [3.05, 3.63) is 27.6 Å². The van der Waals surface area contributed by atoms with Crippen molar-refractivity contribution in [2.45, 2.75) is 70.1 Å². The molecule has 5 atom stereocenters. The van der Waals surface area contributed by atoms with Crippen molar-refractivity contribution in [1.29, 1.82) is 0 Å². The third-order valence-corrected chi connectivity index (χ3v) is 7.87. The summed E-state index contributed by atoms with van der Waals surface area (Å²) in [6.45, 7) is 6.76. The number of ether oxygens (including phenoxy) is 1. The number of anilines is 1. The summed E-state index contributed by atoms with van der Waals surface area (Å²) in [5.74, 6) is 1.39. The highest BCUT2D eigenvalue weighted by Crippen LogP contribution is 2.47. The van der Waals surface area contributed by atoms with E-state index in [0.717, 1.165) is 25.4 Å². The van der Waals surface area contributed by atoms with Gasteiger partial charge < -0.3 is 20.3 Å². The van der Waals surface area contributed by atoms with Crippen molar-refractivity contribution in [1.82, 2.24) is 10.6 Å². The van der Waals surface area contributed by atoms with Gasteiger partial charge in [-0.25, -0.2) is 0 Å². The first-order chi connectivity index (χ1) is 13.6. The number of benzene rings is 1. The summed E-state index contributed by atoms with van der Waals surface area (Å²) in [7, 11) is 4.19. The van der Waals surface area contributed by atoms with E-state index in [-0.39, 0.29) is 0 Å². The zero-order valence-corrected chi connectivity index (χ0v) is 17.8. The molecule has 0 bridgehead atoms. The van der Waals surface area contributed by atoms with Gasteiger partial charge in [-0.05, 0) is 73.9 Å². The zero-order chi connectivity index (χ0) is 19.4. The van der Waals surface area contributed by atoms with E-state index in [1.807, 2.05) is 7.11 Å². The van der Waals surface area contributed by atoms with Gasteiger partial charge >= 0.3 is 0 Å². The number of hydrogen-bond donors (Lipinski definition) is 2. The minimum Gasteiger partial charge on any atom is -0.383 e. The molecule has 3 heterocycles. The van der Waals surface area contributed by atoms with Gasteiger partial charge in [-0.15, -0.1) is 0 Å². The molecule has 2 fully saturated rings. The molecule has 4 heteroatoms. The predicted molar refractivity (Wildman–Crippen MR) is 116 cm³/mol. The van der Waals surface area contributed by atoms with Crippen LogP contribution in [0.2, 0.25) is 0 Å². The Hall–Kier alpha value is -1.52. The minimum absolute atomic E-state index is 0.409. The van der Waals surface area contributed by atoms with Crippen LogP contribution in [-0.2, 0) is 4.74 Å². The quantitative estimate of drug-likeness (QED) is 0.821. The number of nitrogens with zero attached hydrogens (tertiary/aromatic N) is 1. The fourth-order valence-corrected chi connectivity index (χ4v) is 6.29. The maximum atomic E-state index is 5.77. The van der Waals surface area contributed by atoms with Gasteiger partial charge in [-0.1, -0.05) is 13.0 Å². The van der Waals surface area contributed by atoms with Crippen molar-refractivity contribution in [2.24, 2.45) is 5.92 Å². The monoisotopic (exact) mass is 381 g/mol. The van der Waals surface area contributed by atoms with Crippen LogP contribution in [0.5, 0.6) is 0 Å². The summed E-state index contributed by atoms with van der Waals surface area (Å²) in [6, 6.07) is 3.64. The molecule has 1 aromatic rings. The number of piperidine rings is 1. The van der Waals surface area contributed by atoms with Gasteiger partial charge in [-0.3, -0.25) is 0 Å². The molecule has 0 spiro atoms. The Bertz CT molecular complexity index is 884. The van der Waals surface area contributed by atoms with Crippen LogP contribution in [0.3, 0.4) is 0 Å². The van der Waals surface area contributed by atoms with E-state index >= 15 is 0 Å². The van der Waals surface area contributed by atoms with Crippen molar-refractivity contribution >= 4 is 17.5 Å². The number of fused-ring (bicyclic) bond motifs is 4. The molecule has 28 heavy (non-hydrogen) atoms. The SMILES string of the molecule is COC1CCC2C(C1)c1cc3c(c(C)c1N2C)=CCNC=3C1CCC(C)CN1. The highest BCUT2D eigenvalue weighted by atomic mass is 16.5. The average molecular weight is 382 g/mol. The standard InChI is InChI=1S/C24H35N3O/c1-14-5-7-21(26-13-14)23-19-12-20-18-11-16(28-4)6-8-22(18)27(3)24(20)15(2)17(19)9-10-25-23/h9,12,14,16,18,21-22,25-26H,5-8,10-11,13H2,1-4H3. The number of methoxy groups -OCH3 is 1. The molecule has 4 nitrogen and oxygen atoms in total. The molecular weight excluding hydrogens is 346 g/mol. The fourth-order valence-electron chi connectivity index (χ4n) is 6.29. The third-order valence-electron chi connectivity index (χ3n) is 7.87. The van der Waals surface area contributed by atoms with Crippen molar-refractivity contribution in [2.75, 3.05) is 32.1 Å². The van der Waals surface area contributed by atoms with Crippen LogP contribution in [0.15, 0.2) is 6.07 Å². The smallest absolute Gasteiger partial charge is 0.0578 e. The Labute approximate surface area is 169 Å². The van der Waals surface area contributed by atoms with Crippen molar-refractivity contribution in [3.8, 4) is 0 Å². The van der Waals surface area contributed by atoms with Gasteiger partial charge in [0.15, 0.2) is 0 Å². The van der Waals surface area contributed by atoms with Gasteiger partial charge in [-0.2, -0.15) is 0 Å². The van der Waals surface area contributed by atoms with E-state index in [1.54, 1.807) is 5.56 Å². The fraction of sp³-hybridized carbons (Fsp3) is 0.667. The maximum absolute atomic E-state index is 5.77. The van der Waals surface area contributed by atoms with Crippen LogP contribution in [0.25, 0.3) is 11.8 Å². The molecule has 1 aromatic carbocycles. The molecule has 0 radical (unpaired) electrons. The summed E-state index contributed by atoms with van der Waals surface area (Å²) in [5.41, 5.74) is 5.96. The normalized spacial score (nSPS) is 34.2. The molecular formula is C24H35N3O. The Morgan fingerprint density at radius 1 is 1.18 bits per heavy atom. The summed E-state index contributed by atoms with van der Waals surface area (Å²) >= 11 is 0. The van der Waals surface area contributed by atoms with Gasteiger partial charge in [0.1, 0.15) is 0 Å². The van der Waals surface area contributed by atoms with Crippen LogP contribution in [0, 0.1) is 12.8 Å². The summed E-state index contributed by atoms with van der Waals surface area (Å²) in [4.78, 5) is 2.58. The minimum atomic E-state index is 0.409. The van der Waals surface area contributed by atoms with Gasteiger partial charge in [0.25, 0.3) is 0 Å². The molecule has 1 saturated carbocycles. The van der Waals surface area contributed by atoms with Crippen LogP contribution >= 0.6 is 0 Å². The van der Waals surface area contributed by atoms with Crippen molar-refractivity contribution < 1.29 is 4.74 Å². The largest absolute Gasteiger partial charge is 0.383 e. The Morgan fingerprint density at radius 3 is 2.79 bits per heavy atom. The lowest BCUT2D eigenvalue weighted by Crippen LogP contribution is -2.49. The first-order valence-corrected chi connectivity index (χ1v) is 11.2. The number of likely N-dealkylation sites (N-methyl/N-ethyl adjacent to an activating group) is 1. The topological polar surface area (TPSA) is 36.5 Å². The third kappa shape index (κ3) is 2.80. The molecule has 5 rings (SSSR count).